The van der Waals surface area contributed by atoms with Gasteiger partial charge in [0.2, 0.25) is 0 Å². The third-order valence-corrected chi connectivity index (χ3v) is 4.87. The Morgan fingerprint density at radius 2 is 1.96 bits per heavy atom. The van der Waals surface area contributed by atoms with Crippen molar-refractivity contribution in [3.05, 3.63) is 66.4 Å². The average molecular weight is 383 g/mol. The maximum Gasteiger partial charge on any atom is 0.260 e. The van der Waals surface area contributed by atoms with Crippen LogP contribution in [0.5, 0.6) is 0 Å². The van der Waals surface area contributed by atoms with Crippen LogP contribution in [0.2, 0.25) is 0 Å². The monoisotopic (exact) mass is 382 g/mol. The second-order valence-corrected chi connectivity index (χ2v) is 6.59. The van der Waals surface area contributed by atoms with E-state index >= 15 is 0 Å². The lowest BCUT2D eigenvalue weighted by Gasteiger charge is -2.20. The molecule has 1 atom stereocenters. The summed E-state index contributed by atoms with van der Waals surface area (Å²) in [5.74, 6) is -0.0611. The van der Waals surface area contributed by atoms with Crippen LogP contribution >= 0.6 is 12.4 Å². The Morgan fingerprint density at radius 1 is 1.15 bits per heavy atom. The molecule has 6 heteroatoms. The van der Waals surface area contributed by atoms with Crippen molar-refractivity contribution >= 4 is 40.6 Å². The van der Waals surface area contributed by atoms with Crippen molar-refractivity contribution in [1.82, 2.24) is 10.3 Å². The topological polar surface area (TPSA) is 57.3 Å². The summed E-state index contributed by atoms with van der Waals surface area (Å²) in [6.45, 7) is 1.99. The van der Waals surface area contributed by atoms with Crippen LogP contribution in [-0.4, -0.2) is 37.1 Å². The first kappa shape index (κ1) is 19.1. The highest BCUT2D eigenvalue weighted by Gasteiger charge is 2.20. The first-order valence-corrected chi connectivity index (χ1v) is 8.92. The molecule has 1 amide bonds. The van der Waals surface area contributed by atoms with Crippen molar-refractivity contribution in [2.45, 2.75) is 12.5 Å². The Kier molecular flexibility index (Phi) is 5.94. The van der Waals surface area contributed by atoms with Crippen molar-refractivity contribution in [2.24, 2.45) is 0 Å². The highest BCUT2D eigenvalue weighted by atomic mass is 35.5. The van der Waals surface area contributed by atoms with E-state index in [1.807, 2.05) is 54.6 Å². The molecule has 0 bridgehead atoms. The van der Waals surface area contributed by atoms with E-state index in [2.05, 4.69) is 15.6 Å². The Labute approximate surface area is 165 Å². The highest BCUT2D eigenvalue weighted by molar-refractivity contribution is 6.14. The van der Waals surface area contributed by atoms with Crippen molar-refractivity contribution < 1.29 is 4.79 Å². The number of carbonyl (C=O) groups excluding carboxylic acids is 1. The van der Waals surface area contributed by atoms with Crippen LogP contribution < -0.4 is 15.5 Å². The summed E-state index contributed by atoms with van der Waals surface area (Å²) >= 11 is 0. The number of pyridine rings is 1. The van der Waals surface area contributed by atoms with Crippen molar-refractivity contribution in [3.8, 4) is 0 Å². The van der Waals surface area contributed by atoms with Gasteiger partial charge >= 0.3 is 0 Å². The number of benzene rings is 2. The highest BCUT2D eigenvalue weighted by Crippen LogP contribution is 2.28. The fourth-order valence-electron chi connectivity index (χ4n) is 3.42. The molecule has 4 rings (SSSR count). The standard InChI is InChI=1S/C21H22N4O.ClH/c1-25(16-6-3-2-4-7-16)21(26)18-9-10-19(24-15-11-13-22-14-15)17-8-5-12-23-20(17)18;/h2-10,12,15,22,24H,11,13-14H2,1H3;1H. The smallest absolute Gasteiger partial charge is 0.260 e. The zero-order chi connectivity index (χ0) is 17.9. The van der Waals surface area contributed by atoms with Crippen LogP contribution in [0, 0.1) is 0 Å². The molecule has 2 heterocycles. The molecular formula is C21H23ClN4O. The van der Waals surface area contributed by atoms with E-state index in [4.69, 9.17) is 0 Å². The average Bonchev–Trinajstić information content (AvgIpc) is 3.21. The third kappa shape index (κ3) is 3.89. The number of hydrogen-bond donors (Lipinski definition) is 2. The molecule has 3 aromatic rings. The van der Waals surface area contributed by atoms with Crippen LogP contribution in [0.1, 0.15) is 16.8 Å². The van der Waals surface area contributed by atoms with E-state index in [0.717, 1.165) is 41.8 Å². The maximum atomic E-state index is 13.1. The van der Waals surface area contributed by atoms with E-state index in [-0.39, 0.29) is 18.3 Å². The molecule has 2 N–H and O–H groups in total. The number of halogens is 1. The molecule has 5 nitrogen and oxygen atoms in total. The molecule has 0 spiro atoms. The summed E-state index contributed by atoms with van der Waals surface area (Å²) in [4.78, 5) is 19.2. The predicted molar refractivity (Wildman–Crippen MR) is 113 cm³/mol. The zero-order valence-electron chi connectivity index (χ0n) is 15.2. The van der Waals surface area contributed by atoms with Gasteiger partial charge in [-0.25, -0.2) is 0 Å². The number of rotatable bonds is 4. The molecule has 27 heavy (non-hydrogen) atoms. The molecule has 0 aliphatic carbocycles. The lowest BCUT2D eigenvalue weighted by atomic mass is 10.1. The molecule has 1 fully saturated rings. The predicted octanol–water partition coefficient (Wildman–Crippen LogP) is 3.71. The van der Waals surface area contributed by atoms with E-state index in [1.165, 1.54) is 0 Å². The normalized spacial score (nSPS) is 16.0. The lowest BCUT2D eigenvalue weighted by molar-refractivity contribution is 0.0994. The summed E-state index contributed by atoms with van der Waals surface area (Å²) in [6.07, 6.45) is 2.84. The van der Waals surface area contributed by atoms with Crippen LogP contribution in [0.25, 0.3) is 10.9 Å². The van der Waals surface area contributed by atoms with Gasteiger partial charge in [-0.1, -0.05) is 18.2 Å². The minimum Gasteiger partial charge on any atom is -0.380 e. The van der Waals surface area contributed by atoms with Crippen molar-refractivity contribution in [2.75, 3.05) is 30.4 Å². The molecule has 2 aromatic carbocycles. The minimum absolute atomic E-state index is 0. The second-order valence-electron chi connectivity index (χ2n) is 6.59. The lowest BCUT2D eigenvalue weighted by Crippen LogP contribution is -2.27. The van der Waals surface area contributed by atoms with Gasteiger partial charge < -0.3 is 15.5 Å². The van der Waals surface area contributed by atoms with E-state index < -0.39 is 0 Å². The molecular weight excluding hydrogens is 360 g/mol. The second kappa shape index (κ2) is 8.37. The fourth-order valence-corrected chi connectivity index (χ4v) is 3.42. The number of amides is 1. The zero-order valence-corrected chi connectivity index (χ0v) is 16.0. The van der Waals surface area contributed by atoms with E-state index in [1.54, 1.807) is 18.1 Å². The molecule has 1 saturated heterocycles. The number of fused-ring (bicyclic) bond motifs is 1. The summed E-state index contributed by atoms with van der Waals surface area (Å²) in [5.41, 5.74) is 3.24. The van der Waals surface area contributed by atoms with Gasteiger partial charge in [-0.3, -0.25) is 9.78 Å². The fraction of sp³-hybridized carbons (Fsp3) is 0.238. The Morgan fingerprint density at radius 3 is 2.70 bits per heavy atom. The number of nitrogens with one attached hydrogen (secondary N) is 2. The number of aromatic nitrogens is 1. The molecule has 140 valence electrons. The van der Waals surface area contributed by atoms with Gasteiger partial charge in [0.05, 0.1) is 11.1 Å². The van der Waals surface area contributed by atoms with Crippen molar-refractivity contribution in [3.63, 3.8) is 0 Å². The van der Waals surface area contributed by atoms with Gasteiger partial charge in [0.15, 0.2) is 0 Å². The van der Waals surface area contributed by atoms with Crippen LogP contribution in [-0.2, 0) is 0 Å². The molecule has 1 aliphatic rings. The Balaban J connectivity index is 0.00000210. The van der Waals surface area contributed by atoms with Gasteiger partial charge in [0.1, 0.15) is 0 Å². The third-order valence-electron chi connectivity index (χ3n) is 4.87. The number of anilines is 2. The first-order valence-electron chi connectivity index (χ1n) is 8.92. The quantitative estimate of drug-likeness (QED) is 0.722. The molecule has 0 radical (unpaired) electrons. The number of hydrogen-bond acceptors (Lipinski definition) is 4. The number of para-hydroxylation sites is 1. The molecule has 1 aliphatic heterocycles. The van der Waals surface area contributed by atoms with Gasteiger partial charge in [-0.05, 0) is 49.4 Å². The van der Waals surface area contributed by atoms with Gasteiger partial charge in [-0.15, -0.1) is 12.4 Å². The summed E-state index contributed by atoms with van der Waals surface area (Å²) in [6, 6.07) is 17.9. The van der Waals surface area contributed by atoms with Crippen molar-refractivity contribution in [1.29, 1.82) is 0 Å². The summed E-state index contributed by atoms with van der Waals surface area (Å²) in [5, 5.41) is 7.93. The number of carbonyl (C=O) groups is 1. The summed E-state index contributed by atoms with van der Waals surface area (Å²) in [7, 11) is 1.79. The minimum atomic E-state index is -0.0611. The van der Waals surface area contributed by atoms with Crippen LogP contribution in [0.15, 0.2) is 60.8 Å². The molecule has 1 aromatic heterocycles. The number of nitrogens with zero attached hydrogens (tertiary/aromatic N) is 2. The van der Waals surface area contributed by atoms with Crippen LogP contribution in [0.4, 0.5) is 11.4 Å². The SMILES string of the molecule is CN(C(=O)c1ccc(NC2CCNC2)c2cccnc12)c1ccccc1.Cl. The summed E-state index contributed by atoms with van der Waals surface area (Å²) < 4.78 is 0. The van der Waals surface area contributed by atoms with Gasteiger partial charge in [0.25, 0.3) is 5.91 Å². The molecule has 0 saturated carbocycles. The Bertz CT molecular complexity index is 926. The first-order chi connectivity index (χ1) is 12.7. The van der Waals surface area contributed by atoms with Crippen LogP contribution in [0.3, 0.4) is 0 Å². The van der Waals surface area contributed by atoms with Gasteiger partial charge in [-0.2, -0.15) is 0 Å². The van der Waals surface area contributed by atoms with Gasteiger partial charge in [0, 0.05) is 42.6 Å². The maximum absolute atomic E-state index is 13.1. The molecule has 1 unspecified atom stereocenters. The Hall–Kier alpha value is -2.63. The van der Waals surface area contributed by atoms with E-state index in [9.17, 15) is 4.79 Å². The largest absolute Gasteiger partial charge is 0.380 e. The van der Waals surface area contributed by atoms with E-state index in [0.29, 0.717) is 11.6 Å².